The van der Waals surface area contributed by atoms with E-state index < -0.39 is 11.5 Å². The summed E-state index contributed by atoms with van der Waals surface area (Å²) in [6, 6.07) is 0. The van der Waals surface area contributed by atoms with Crippen LogP contribution in [-0.2, 0) is 4.74 Å². The number of aromatic amines is 1. The molecular formula is C8H9BN2O3. The first-order valence-corrected chi connectivity index (χ1v) is 4.09. The van der Waals surface area contributed by atoms with Crippen molar-refractivity contribution >= 4 is 19.4 Å². The third kappa shape index (κ3) is 2.01. The van der Waals surface area contributed by atoms with Gasteiger partial charge in [-0.25, -0.2) is 4.79 Å². The topological polar surface area (TPSA) is 72.0 Å². The van der Waals surface area contributed by atoms with Crippen LogP contribution in [0.1, 0.15) is 23.1 Å². The maximum Gasteiger partial charge on any atom is 0.362 e. The number of ether oxygens (including phenoxy) is 1. The lowest BCUT2D eigenvalue weighted by molar-refractivity contribution is 0.0517. The van der Waals surface area contributed by atoms with E-state index in [1.807, 2.05) is 0 Å². The lowest BCUT2D eigenvalue weighted by atomic mass is 10.0. The number of rotatable bonds is 2. The highest BCUT2D eigenvalue weighted by Crippen LogP contribution is 1.89. The number of aryl methyl sites for hydroxylation is 1. The maximum atomic E-state index is 11.2. The number of carbonyl (C=O) groups is 1. The zero-order valence-electron chi connectivity index (χ0n) is 7.96. The van der Waals surface area contributed by atoms with Crippen molar-refractivity contribution in [2.24, 2.45) is 0 Å². The van der Waals surface area contributed by atoms with E-state index in [0.717, 1.165) is 0 Å². The largest absolute Gasteiger partial charge is 0.461 e. The molecule has 1 aromatic heterocycles. The second kappa shape index (κ2) is 4.08. The van der Waals surface area contributed by atoms with Crippen LogP contribution in [0.15, 0.2) is 4.79 Å². The molecule has 0 bridgehead atoms. The number of nitrogens with zero attached hydrogens (tertiary/aromatic N) is 1. The van der Waals surface area contributed by atoms with Crippen molar-refractivity contribution in [3.63, 3.8) is 0 Å². The van der Waals surface area contributed by atoms with E-state index in [2.05, 4.69) is 14.7 Å². The summed E-state index contributed by atoms with van der Waals surface area (Å²) >= 11 is 0. The van der Waals surface area contributed by atoms with Gasteiger partial charge in [-0.05, 0) is 13.8 Å². The predicted molar refractivity (Wildman–Crippen MR) is 50.9 cm³/mol. The molecule has 0 aromatic carbocycles. The zero-order chi connectivity index (χ0) is 10.7. The van der Waals surface area contributed by atoms with Gasteiger partial charge in [-0.3, -0.25) is 9.78 Å². The van der Waals surface area contributed by atoms with Gasteiger partial charge in [0.15, 0.2) is 0 Å². The normalized spacial score (nSPS) is 9.86. The number of hydrogen-bond acceptors (Lipinski definition) is 4. The van der Waals surface area contributed by atoms with Crippen molar-refractivity contribution in [2.45, 2.75) is 13.8 Å². The molecule has 0 amide bonds. The van der Waals surface area contributed by atoms with Crippen molar-refractivity contribution in [3.8, 4) is 0 Å². The van der Waals surface area contributed by atoms with Gasteiger partial charge in [-0.2, -0.15) is 0 Å². The monoisotopic (exact) mass is 192 g/mol. The molecule has 5 nitrogen and oxygen atoms in total. The van der Waals surface area contributed by atoms with Crippen LogP contribution in [0.3, 0.4) is 0 Å². The number of carbonyl (C=O) groups excluding carboxylic acids is 1. The van der Waals surface area contributed by atoms with Gasteiger partial charge in [-0.1, -0.05) is 0 Å². The van der Waals surface area contributed by atoms with Crippen LogP contribution >= 0.6 is 0 Å². The molecule has 0 aliphatic rings. The van der Waals surface area contributed by atoms with Crippen LogP contribution in [-0.4, -0.2) is 30.4 Å². The molecule has 0 saturated carbocycles. The Labute approximate surface area is 81.9 Å². The van der Waals surface area contributed by atoms with Crippen LogP contribution in [0.5, 0.6) is 0 Å². The average molecular weight is 192 g/mol. The maximum absolute atomic E-state index is 11.2. The molecule has 1 N–H and O–H groups in total. The molecule has 0 aliphatic carbocycles. The molecule has 0 unspecified atom stereocenters. The lowest BCUT2D eigenvalue weighted by Crippen LogP contribution is -2.30. The van der Waals surface area contributed by atoms with Crippen molar-refractivity contribution in [3.05, 3.63) is 21.7 Å². The Morgan fingerprint density at radius 3 is 2.86 bits per heavy atom. The van der Waals surface area contributed by atoms with Crippen LogP contribution in [0.2, 0.25) is 0 Å². The average Bonchev–Trinajstić information content (AvgIpc) is 2.11. The van der Waals surface area contributed by atoms with Crippen LogP contribution < -0.4 is 11.2 Å². The number of hydrogen-bond donors (Lipinski definition) is 1. The molecule has 6 heteroatoms. The molecule has 0 atom stereocenters. The molecular weight excluding hydrogens is 183 g/mol. The Morgan fingerprint density at radius 1 is 1.64 bits per heavy atom. The van der Waals surface area contributed by atoms with Crippen molar-refractivity contribution in [2.75, 3.05) is 6.61 Å². The SMILES string of the molecule is [B]c1nc(C(=O)OCC)c(=O)[nH]c1C. The van der Waals surface area contributed by atoms with Crippen molar-refractivity contribution in [1.82, 2.24) is 9.97 Å². The first-order valence-electron chi connectivity index (χ1n) is 4.09. The molecule has 1 aromatic rings. The molecule has 72 valence electrons. The third-order valence-corrected chi connectivity index (χ3v) is 1.60. The molecule has 2 radical (unpaired) electrons. The smallest absolute Gasteiger partial charge is 0.362 e. The Morgan fingerprint density at radius 2 is 2.29 bits per heavy atom. The first kappa shape index (κ1) is 10.5. The second-order valence-electron chi connectivity index (χ2n) is 2.65. The summed E-state index contributed by atoms with van der Waals surface area (Å²) in [6.07, 6.45) is 0. The molecule has 0 saturated heterocycles. The fourth-order valence-electron chi connectivity index (χ4n) is 0.886. The highest BCUT2D eigenvalue weighted by Gasteiger charge is 2.14. The molecule has 0 aliphatic heterocycles. The van der Waals surface area contributed by atoms with Crippen LogP contribution in [0.4, 0.5) is 0 Å². The van der Waals surface area contributed by atoms with Crippen molar-refractivity contribution < 1.29 is 9.53 Å². The predicted octanol–water partition coefficient (Wildman–Crippen LogP) is -0.951. The number of esters is 1. The highest BCUT2D eigenvalue weighted by atomic mass is 16.5. The second-order valence-corrected chi connectivity index (χ2v) is 2.65. The fourth-order valence-corrected chi connectivity index (χ4v) is 0.886. The minimum Gasteiger partial charge on any atom is -0.461 e. The minimum atomic E-state index is -0.763. The lowest BCUT2D eigenvalue weighted by Gasteiger charge is -2.03. The Hall–Kier alpha value is -1.59. The minimum absolute atomic E-state index is 0.118. The van der Waals surface area contributed by atoms with Gasteiger partial charge in [0.05, 0.1) is 6.61 Å². The zero-order valence-corrected chi connectivity index (χ0v) is 7.96. The van der Waals surface area contributed by atoms with Gasteiger partial charge in [0, 0.05) is 11.3 Å². The van der Waals surface area contributed by atoms with E-state index in [9.17, 15) is 9.59 Å². The third-order valence-electron chi connectivity index (χ3n) is 1.60. The van der Waals surface area contributed by atoms with E-state index in [-0.39, 0.29) is 17.9 Å². The van der Waals surface area contributed by atoms with Gasteiger partial charge in [0.25, 0.3) is 5.56 Å². The van der Waals surface area contributed by atoms with Crippen molar-refractivity contribution in [1.29, 1.82) is 0 Å². The van der Waals surface area contributed by atoms with E-state index >= 15 is 0 Å². The number of aromatic nitrogens is 2. The molecule has 1 rings (SSSR count). The summed E-state index contributed by atoms with van der Waals surface area (Å²) < 4.78 is 4.63. The summed E-state index contributed by atoms with van der Waals surface area (Å²) in [5.41, 5.74) is -0.346. The van der Waals surface area contributed by atoms with Gasteiger partial charge in [-0.15, -0.1) is 0 Å². The van der Waals surface area contributed by atoms with E-state index in [1.54, 1.807) is 13.8 Å². The van der Waals surface area contributed by atoms with Gasteiger partial charge < -0.3 is 9.72 Å². The molecule has 1 heterocycles. The molecule has 0 spiro atoms. The highest BCUT2D eigenvalue weighted by molar-refractivity contribution is 6.31. The van der Waals surface area contributed by atoms with Gasteiger partial charge >= 0.3 is 5.97 Å². The summed E-state index contributed by atoms with van der Waals surface area (Å²) in [5, 5.41) is 0. The van der Waals surface area contributed by atoms with E-state index in [4.69, 9.17) is 7.85 Å². The van der Waals surface area contributed by atoms with Gasteiger partial charge in [0.1, 0.15) is 7.85 Å². The number of nitrogens with one attached hydrogen (secondary N) is 1. The fraction of sp³-hybridized carbons (Fsp3) is 0.375. The Bertz CT molecular complexity index is 414. The van der Waals surface area contributed by atoms with Gasteiger partial charge in [0.2, 0.25) is 5.69 Å². The Balaban J connectivity index is 3.16. The summed E-state index contributed by atoms with van der Waals surface area (Å²) in [7, 11) is 5.43. The summed E-state index contributed by atoms with van der Waals surface area (Å²) in [4.78, 5) is 28.5. The molecule has 14 heavy (non-hydrogen) atoms. The van der Waals surface area contributed by atoms with E-state index in [0.29, 0.717) is 5.69 Å². The summed E-state index contributed by atoms with van der Waals surface area (Å²) in [6.45, 7) is 3.43. The first-order chi connectivity index (χ1) is 6.56. The number of H-pyrrole nitrogens is 1. The summed E-state index contributed by atoms with van der Waals surface area (Å²) in [5.74, 6) is -0.763. The standard InChI is InChI=1S/C8H9BN2O3/c1-3-14-8(13)5-7(12)10-4(2)6(9)11-5/h3H2,1-2H3,(H,10,12). The van der Waals surface area contributed by atoms with Crippen LogP contribution in [0, 0.1) is 6.92 Å². The van der Waals surface area contributed by atoms with E-state index in [1.165, 1.54) is 0 Å². The quantitative estimate of drug-likeness (QED) is 0.484. The molecule has 0 fully saturated rings. The van der Waals surface area contributed by atoms with Crippen LogP contribution in [0.25, 0.3) is 0 Å². The Kier molecular flexibility index (Phi) is 3.06.